The molecule has 4 rings (SSSR count). The molecule has 1 heterocycles. The van der Waals surface area contributed by atoms with Crippen LogP contribution in [-0.2, 0) is 4.79 Å². The van der Waals surface area contributed by atoms with Crippen LogP contribution in [-0.4, -0.2) is 35.0 Å². The van der Waals surface area contributed by atoms with Crippen molar-refractivity contribution in [3.8, 4) is 16.9 Å². The molecule has 3 aromatic rings. The number of ether oxygens (including phenoxy) is 1. The fourth-order valence-corrected chi connectivity index (χ4v) is 4.18. The number of halogens is 1. The highest BCUT2D eigenvalue weighted by Crippen LogP contribution is 2.39. The Hall–Kier alpha value is -3.67. The predicted molar refractivity (Wildman–Crippen MR) is 114 cm³/mol. The molecule has 1 saturated heterocycles. The molecule has 2 atom stereocenters. The maximum Gasteiger partial charge on any atom is 0.326 e. The van der Waals surface area contributed by atoms with Crippen molar-refractivity contribution in [1.29, 1.82) is 0 Å². The van der Waals surface area contributed by atoms with Gasteiger partial charge in [0.15, 0.2) is 0 Å². The number of carboxylic acids is 1. The molecule has 0 spiro atoms. The number of aliphatic carboxylic acids is 1. The van der Waals surface area contributed by atoms with Gasteiger partial charge in [0.25, 0.3) is 5.91 Å². The molecular formula is C25H22FNO4. The van der Waals surface area contributed by atoms with Crippen LogP contribution in [0.2, 0.25) is 0 Å². The summed E-state index contributed by atoms with van der Waals surface area (Å²) in [5.41, 5.74) is 2.85. The fraction of sp³-hybridized carbons (Fsp3) is 0.200. The quantitative estimate of drug-likeness (QED) is 0.637. The number of rotatable bonds is 5. The van der Waals surface area contributed by atoms with E-state index in [0.29, 0.717) is 29.7 Å². The summed E-state index contributed by atoms with van der Waals surface area (Å²) >= 11 is 0. The van der Waals surface area contributed by atoms with Gasteiger partial charge < -0.3 is 14.7 Å². The molecule has 1 N–H and O–H groups in total. The maximum atomic E-state index is 13.5. The number of methoxy groups -OCH3 is 1. The van der Waals surface area contributed by atoms with Gasteiger partial charge in [-0.15, -0.1) is 0 Å². The Bertz CT molecular complexity index is 1100. The summed E-state index contributed by atoms with van der Waals surface area (Å²) in [4.78, 5) is 26.7. The Morgan fingerprint density at radius 3 is 2.35 bits per heavy atom. The monoisotopic (exact) mass is 419 g/mol. The van der Waals surface area contributed by atoms with Gasteiger partial charge in [0.2, 0.25) is 0 Å². The first-order valence-electron chi connectivity index (χ1n) is 10.0. The Kier molecular flexibility index (Phi) is 5.71. The lowest BCUT2D eigenvalue weighted by Gasteiger charge is -2.29. The van der Waals surface area contributed by atoms with Crippen LogP contribution < -0.4 is 4.74 Å². The normalized spacial score (nSPS) is 18.1. The van der Waals surface area contributed by atoms with Gasteiger partial charge in [-0.05, 0) is 54.3 Å². The van der Waals surface area contributed by atoms with Crippen molar-refractivity contribution in [1.82, 2.24) is 4.90 Å². The lowest BCUT2D eigenvalue weighted by molar-refractivity contribution is -0.141. The highest BCUT2D eigenvalue weighted by molar-refractivity contribution is 5.98. The Labute approximate surface area is 179 Å². The van der Waals surface area contributed by atoms with E-state index >= 15 is 0 Å². The highest BCUT2D eigenvalue weighted by Gasteiger charge is 2.42. The molecule has 158 valence electrons. The fourth-order valence-electron chi connectivity index (χ4n) is 4.18. The van der Waals surface area contributed by atoms with E-state index in [1.807, 2.05) is 30.3 Å². The summed E-state index contributed by atoms with van der Waals surface area (Å²) in [5, 5.41) is 9.70. The predicted octanol–water partition coefficient (Wildman–Crippen LogP) is 4.93. The summed E-state index contributed by atoms with van der Waals surface area (Å²) < 4.78 is 18.9. The smallest absolute Gasteiger partial charge is 0.326 e. The van der Waals surface area contributed by atoms with E-state index in [1.54, 1.807) is 30.3 Å². The number of benzene rings is 3. The molecule has 0 aromatic heterocycles. The third-order valence-electron chi connectivity index (χ3n) is 5.69. The van der Waals surface area contributed by atoms with Crippen molar-refractivity contribution in [2.45, 2.75) is 24.9 Å². The van der Waals surface area contributed by atoms with Gasteiger partial charge in [-0.25, -0.2) is 9.18 Å². The number of carbonyl (C=O) groups is 2. The first kappa shape index (κ1) is 20.6. The maximum absolute atomic E-state index is 13.5. The molecule has 0 bridgehead atoms. The Morgan fingerprint density at radius 1 is 1.00 bits per heavy atom. The van der Waals surface area contributed by atoms with Crippen molar-refractivity contribution in [3.63, 3.8) is 0 Å². The van der Waals surface area contributed by atoms with Gasteiger partial charge >= 0.3 is 5.97 Å². The Balaban J connectivity index is 1.71. The van der Waals surface area contributed by atoms with Gasteiger partial charge in [-0.3, -0.25) is 4.79 Å². The van der Waals surface area contributed by atoms with Gasteiger partial charge in [0, 0.05) is 11.1 Å². The van der Waals surface area contributed by atoms with Crippen LogP contribution in [0.3, 0.4) is 0 Å². The van der Waals surface area contributed by atoms with Crippen molar-refractivity contribution in [3.05, 3.63) is 89.7 Å². The summed E-state index contributed by atoms with van der Waals surface area (Å²) in [6.07, 6.45) is 0.829. The summed E-state index contributed by atoms with van der Waals surface area (Å²) in [6.45, 7) is 0. The SMILES string of the molecule is COc1cc(C(=O)N2[C@@H](c3ccc(F)cc3)CC[C@H]2C(=O)O)ccc1-c1ccccc1. The summed E-state index contributed by atoms with van der Waals surface area (Å²) in [5.74, 6) is -1.29. The molecule has 1 aliphatic heterocycles. The first-order valence-corrected chi connectivity index (χ1v) is 10.0. The lowest BCUT2D eigenvalue weighted by atomic mass is 10.0. The van der Waals surface area contributed by atoms with Crippen LogP contribution in [0.5, 0.6) is 5.75 Å². The third kappa shape index (κ3) is 4.01. The molecule has 1 amide bonds. The molecule has 3 aromatic carbocycles. The van der Waals surface area contributed by atoms with Gasteiger partial charge in [-0.2, -0.15) is 0 Å². The second kappa shape index (κ2) is 8.60. The van der Waals surface area contributed by atoms with Crippen molar-refractivity contribution in [2.24, 2.45) is 0 Å². The average molecular weight is 419 g/mol. The molecule has 0 saturated carbocycles. The van der Waals surface area contributed by atoms with Crippen LogP contribution >= 0.6 is 0 Å². The molecule has 1 aliphatic rings. The molecule has 31 heavy (non-hydrogen) atoms. The molecule has 0 aliphatic carbocycles. The largest absolute Gasteiger partial charge is 0.496 e. The minimum atomic E-state index is -1.05. The average Bonchev–Trinajstić information content (AvgIpc) is 3.24. The zero-order valence-corrected chi connectivity index (χ0v) is 17.0. The topological polar surface area (TPSA) is 66.8 Å². The van der Waals surface area contributed by atoms with E-state index in [4.69, 9.17) is 4.74 Å². The molecular weight excluding hydrogens is 397 g/mol. The zero-order chi connectivity index (χ0) is 22.0. The number of nitrogens with zero attached hydrogens (tertiary/aromatic N) is 1. The number of hydrogen-bond acceptors (Lipinski definition) is 3. The van der Waals surface area contributed by atoms with E-state index in [0.717, 1.165) is 11.1 Å². The summed E-state index contributed by atoms with van der Waals surface area (Å²) in [7, 11) is 1.53. The van der Waals surface area contributed by atoms with Crippen molar-refractivity contribution < 1.29 is 23.8 Å². The molecule has 0 radical (unpaired) electrons. The van der Waals surface area contributed by atoms with Crippen LogP contribution in [0.4, 0.5) is 4.39 Å². The highest BCUT2D eigenvalue weighted by atomic mass is 19.1. The van der Waals surface area contributed by atoms with E-state index in [2.05, 4.69) is 0 Å². The number of hydrogen-bond donors (Lipinski definition) is 1. The molecule has 5 nitrogen and oxygen atoms in total. The van der Waals surface area contributed by atoms with E-state index < -0.39 is 24.0 Å². The summed E-state index contributed by atoms with van der Waals surface area (Å²) in [6, 6.07) is 19.3. The van der Waals surface area contributed by atoms with Crippen molar-refractivity contribution in [2.75, 3.05) is 7.11 Å². The molecule has 0 unspecified atom stereocenters. The van der Waals surface area contributed by atoms with Crippen LogP contribution in [0.25, 0.3) is 11.1 Å². The minimum Gasteiger partial charge on any atom is -0.496 e. The van der Waals surface area contributed by atoms with Crippen LogP contribution in [0, 0.1) is 5.82 Å². The van der Waals surface area contributed by atoms with Gasteiger partial charge in [0.05, 0.1) is 13.2 Å². The number of carboxylic acid groups (broad SMARTS) is 1. The number of carbonyl (C=O) groups excluding carboxylic acids is 1. The van der Waals surface area contributed by atoms with E-state index in [9.17, 15) is 19.1 Å². The van der Waals surface area contributed by atoms with Crippen molar-refractivity contribution >= 4 is 11.9 Å². The van der Waals surface area contributed by atoms with Gasteiger partial charge in [-0.1, -0.05) is 42.5 Å². The second-order valence-electron chi connectivity index (χ2n) is 7.49. The molecule has 6 heteroatoms. The zero-order valence-electron chi connectivity index (χ0n) is 17.0. The number of likely N-dealkylation sites (tertiary alicyclic amines) is 1. The lowest BCUT2D eigenvalue weighted by Crippen LogP contribution is -2.41. The van der Waals surface area contributed by atoms with Crippen LogP contribution in [0.1, 0.15) is 34.8 Å². The van der Waals surface area contributed by atoms with Gasteiger partial charge in [0.1, 0.15) is 17.6 Å². The molecule has 1 fully saturated rings. The van der Waals surface area contributed by atoms with E-state index in [1.165, 1.54) is 24.1 Å². The first-order chi connectivity index (χ1) is 15.0. The standard InChI is InChI=1S/C25H22FNO4/c1-31-23-15-18(9-12-20(23)16-5-3-2-4-6-16)24(28)27-21(13-14-22(27)25(29)30)17-7-10-19(26)11-8-17/h2-12,15,21-22H,13-14H2,1H3,(H,29,30)/t21-,22+/m1/s1. The Morgan fingerprint density at radius 2 is 1.71 bits per heavy atom. The minimum absolute atomic E-state index is 0.336. The second-order valence-corrected chi connectivity index (χ2v) is 7.49. The third-order valence-corrected chi connectivity index (χ3v) is 5.69. The van der Waals surface area contributed by atoms with Crippen LogP contribution in [0.15, 0.2) is 72.8 Å². The van der Waals surface area contributed by atoms with E-state index in [-0.39, 0.29) is 5.82 Å². The number of amides is 1.